The van der Waals surface area contributed by atoms with E-state index in [9.17, 15) is 30.7 Å². The lowest BCUT2D eigenvalue weighted by molar-refractivity contribution is -0.284. The average Bonchev–Trinajstić information content (AvgIpc) is 2.18. The number of hydrogen-bond acceptors (Lipinski definition) is 0. The van der Waals surface area contributed by atoms with Crippen LogP contribution in [-0.2, 0) is 0 Å². The fourth-order valence-electron chi connectivity index (χ4n) is 1.59. The lowest BCUT2D eigenvalue weighted by Gasteiger charge is -2.27. The minimum atomic E-state index is -5.60. The van der Waals surface area contributed by atoms with Crippen LogP contribution >= 0.6 is 23.2 Å². The lowest BCUT2D eigenvalue weighted by Crippen LogP contribution is -2.39. The highest BCUT2D eigenvalue weighted by atomic mass is 35.5. The molecule has 0 aliphatic rings. The van der Waals surface area contributed by atoms with E-state index in [1.807, 2.05) is 0 Å². The van der Waals surface area contributed by atoms with Crippen LogP contribution in [0.3, 0.4) is 0 Å². The zero-order chi connectivity index (χ0) is 15.9. The summed E-state index contributed by atoms with van der Waals surface area (Å²) in [6, 6.07) is 1.41. The predicted octanol–water partition coefficient (Wildman–Crippen LogP) is 5.81. The van der Waals surface area contributed by atoms with Gasteiger partial charge in [-0.05, 0) is 24.1 Å². The normalized spacial score (nSPS) is 14.8. The lowest BCUT2D eigenvalue weighted by atomic mass is 9.96. The van der Waals surface area contributed by atoms with E-state index in [2.05, 4.69) is 0 Å². The van der Waals surface area contributed by atoms with Crippen molar-refractivity contribution in [2.75, 3.05) is 0 Å². The van der Waals surface area contributed by atoms with E-state index in [4.69, 9.17) is 23.2 Å². The van der Waals surface area contributed by atoms with Crippen LogP contribution in [0.25, 0.3) is 0 Å². The van der Waals surface area contributed by atoms with E-state index in [1.165, 1.54) is 6.92 Å². The van der Waals surface area contributed by atoms with Gasteiger partial charge in [-0.15, -0.1) is 11.6 Å². The molecule has 0 N–H and O–H groups in total. The van der Waals surface area contributed by atoms with Gasteiger partial charge in [0, 0.05) is 5.02 Å². The monoisotopic (exact) mass is 342 g/mol. The molecule has 0 saturated carbocycles. The summed E-state index contributed by atoms with van der Waals surface area (Å²) in [4.78, 5) is 0. The van der Waals surface area contributed by atoms with Gasteiger partial charge in [0.15, 0.2) is 5.92 Å². The molecule has 20 heavy (non-hydrogen) atoms. The molecule has 1 rings (SSSR count). The molecule has 0 aliphatic carbocycles. The maximum absolute atomic E-state index is 13.1. The summed E-state index contributed by atoms with van der Waals surface area (Å²) in [5.41, 5.74) is -0.773. The molecule has 1 aromatic rings. The molecular formula is C11H7Cl2F7. The second-order valence-corrected chi connectivity index (χ2v) is 4.96. The molecule has 0 spiro atoms. The Hall–Kier alpha value is -0.690. The summed E-state index contributed by atoms with van der Waals surface area (Å²) in [5, 5.41) is -3.09. The van der Waals surface area contributed by atoms with Crippen molar-refractivity contribution >= 4 is 23.2 Å². The molecule has 0 radical (unpaired) electrons. The van der Waals surface area contributed by atoms with Crippen LogP contribution in [0.1, 0.15) is 16.5 Å². The molecule has 0 nitrogen and oxygen atoms in total. The fourth-order valence-corrected chi connectivity index (χ4v) is 2.38. The van der Waals surface area contributed by atoms with Crippen molar-refractivity contribution in [2.24, 2.45) is 5.92 Å². The summed E-state index contributed by atoms with van der Waals surface area (Å²) in [6.07, 6.45) is -11.2. The predicted molar refractivity (Wildman–Crippen MR) is 60.3 cm³/mol. The van der Waals surface area contributed by atoms with Crippen LogP contribution in [0.5, 0.6) is 0 Å². The molecule has 0 saturated heterocycles. The molecular weight excluding hydrogens is 336 g/mol. The number of benzene rings is 1. The van der Waals surface area contributed by atoms with Gasteiger partial charge in [-0.25, -0.2) is 4.39 Å². The Bertz CT molecular complexity index is 479. The maximum Gasteiger partial charge on any atom is 0.402 e. The Morgan fingerprint density at radius 3 is 1.85 bits per heavy atom. The Morgan fingerprint density at radius 2 is 1.45 bits per heavy atom. The molecule has 1 aromatic carbocycles. The van der Waals surface area contributed by atoms with Crippen molar-refractivity contribution in [3.63, 3.8) is 0 Å². The zero-order valence-corrected chi connectivity index (χ0v) is 11.2. The van der Waals surface area contributed by atoms with E-state index < -0.39 is 40.1 Å². The van der Waals surface area contributed by atoms with E-state index in [0.717, 1.165) is 6.07 Å². The largest absolute Gasteiger partial charge is 0.402 e. The van der Waals surface area contributed by atoms with E-state index in [1.54, 1.807) is 0 Å². The number of halogens is 9. The van der Waals surface area contributed by atoms with Crippen molar-refractivity contribution in [3.05, 3.63) is 34.1 Å². The molecule has 0 bridgehead atoms. The van der Waals surface area contributed by atoms with Gasteiger partial charge >= 0.3 is 12.4 Å². The Balaban J connectivity index is 3.34. The molecule has 114 valence electrons. The molecule has 0 aliphatic heterocycles. The molecule has 9 heteroatoms. The summed E-state index contributed by atoms with van der Waals surface area (Å²) in [7, 11) is 0. The third-order valence-electron chi connectivity index (χ3n) is 2.57. The van der Waals surface area contributed by atoms with Gasteiger partial charge in [-0.1, -0.05) is 17.7 Å². The highest BCUT2D eigenvalue weighted by molar-refractivity contribution is 6.32. The first-order chi connectivity index (χ1) is 8.85. The van der Waals surface area contributed by atoms with Gasteiger partial charge in [0.1, 0.15) is 5.82 Å². The first-order valence-electron chi connectivity index (χ1n) is 5.08. The fraction of sp³-hybridized carbons (Fsp3) is 0.455. The standard InChI is InChI=1S/C11H7Cl2F7/c1-4-2-5(6(12)3-7(4)14)8(13)9(10(15,16)17)11(18,19)20/h2-3,8-9H,1H3. The SMILES string of the molecule is Cc1cc(C(Cl)C(C(F)(F)F)C(F)(F)F)c(Cl)cc1F. The second-order valence-electron chi connectivity index (χ2n) is 4.09. The van der Waals surface area contributed by atoms with Gasteiger partial charge in [0.05, 0.1) is 5.38 Å². The molecule has 0 aromatic heterocycles. The smallest absolute Gasteiger partial charge is 0.207 e. The van der Waals surface area contributed by atoms with Crippen molar-refractivity contribution in [1.82, 2.24) is 0 Å². The van der Waals surface area contributed by atoms with Crippen LogP contribution < -0.4 is 0 Å². The minimum absolute atomic E-state index is 0.154. The third-order valence-corrected chi connectivity index (χ3v) is 3.39. The average molecular weight is 343 g/mol. The number of hydrogen-bond donors (Lipinski definition) is 0. The Morgan fingerprint density at radius 1 is 1.00 bits per heavy atom. The molecule has 0 heterocycles. The van der Waals surface area contributed by atoms with Crippen LogP contribution in [0.4, 0.5) is 30.7 Å². The van der Waals surface area contributed by atoms with Crippen molar-refractivity contribution in [1.29, 1.82) is 0 Å². The topological polar surface area (TPSA) is 0 Å². The van der Waals surface area contributed by atoms with Gasteiger partial charge < -0.3 is 0 Å². The first kappa shape index (κ1) is 17.4. The van der Waals surface area contributed by atoms with Crippen molar-refractivity contribution in [2.45, 2.75) is 24.7 Å². The van der Waals surface area contributed by atoms with Crippen LogP contribution in [0.15, 0.2) is 12.1 Å². The quantitative estimate of drug-likeness (QED) is 0.470. The van der Waals surface area contributed by atoms with E-state index in [0.29, 0.717) is 6.07 Å². The first-order valence-corrected chi connectivity index (χ1v) is 5.90. The summed E-state index contributed by atoms with van der Waals surface area (Å²) in [6.45, 7) is 1.18. The highest BCUT2D eigenvalue weighted by Crippen LogP contribution is 2.50. The number of rotatable bonds is 2. The molecule has 0 fully saturated rings. The number of alkyl halides is 7. The zero-order valence-electron chi connectivity index (χ0n) is 9.71. The molecule has 0 amide bonds. The minimum Gasteiger partial charge on any atom is -0.207 e. The van der Waals surface area contributed by atoms with Gasteiger partial charge in [-0.2, -0.15) is 26.3 Å². The van der Waals surface area contributed by atoms with Gasteiger partial charge in [0.2, 0.25) is 0 Å². The maximum atomic E-state index is 13.1. The van der Waals surface area contributed by atoms with Crippen LogP contribution in [0, 0.1) is 18.7 Å². The van der Waals surface area contributed by atoms with Crippen LogP contribution in [0.2, 0.25) is 5.02 Å². The van der Waals surface area contributed by atoms with E-state index in [-0.39, 0.29) is 5.56 Å². The number of aryl methyl sites for hydroxylation is 1. The Labute approximate surface area is 119 Å². The summed E-state index contributed by atoms with van der Waals surface area (Å²) >= 11 is 10.8. The van der Waals surface area contributed by atoms with Gasteiger partial charge in [-0.3, -0.25) is 0 Å². The van der Waals surface area contributed by atoms with Crippen molar-refractivity contribution < 1.29 is 30.7 Å². The van der Waals surface area contributed by atoms with Gasteiger partial charge in [0.25, 0.3) is 0 Å². The summed E-state index contributed by atoms with van der Waals surface area (Å²) < 4.78 is 88.4. The van der Waals surface area contributed by atoms with Crippen molar-refractivity contribution in [3.8, 4) is 0 Å². The highest BCUT2D eigenvalue weighted by Gasteiger charge is 2.60. The molecule has 1 atom stereocenters. The molecule has 1 unspecified atom stereocenters. The Kier molecular flexibility index (Phi) is 4.86. The third kappa shape index (κ3) is 3.69. The van der Waals surface area contributed by atoms with Crippen LogP contribution in [-0.4, -0.2) is 12.4 Å². The van der Waals surface area contributed by atoms with E-state index >= 15 is 0 Å². The summed E-state index contributed by atoms with van der Waals surface area (Å²) in [5.74, 6) is -4.64. The second kappa shape index (κ2) is 5.60.